The topological polar surface area (TPSA) is 390 Å². The largest absolute Gasteiger partial charge is 0.481 e. The van der Waals surface area contributed by atoms with Crippen molar-refractivity contribution in [1.29, 1.82) is 0 Å². The number of nitrogens with one attached hydrogen (secondary N) is 2. The summed E-state index contributed by atoms with van der Waals surface area (Å²) in [7, 11) is -16.4. The van der Waals surface area contributed by atoms with Gasteiger partial charge in [0, 0.05) is 30.7 Å². The van der Waals surface area contributed by atoms with Crippen LogP contribution in [0, 0.1) is 5.41 Å². The number of nitrogens with zero attached hydrogens (tertiary/aromatic N) is 4. The van der Waals surface area contributed by atoms with Crippen LogP contribution in [0.1, 0.15) is 32.9 Å². The van der Waals surface area contributed by atoms with Crippen molar-refractivity contribution >= 4 is 80.9 Å². The van der Waals surface area contributed by atoms with Gasteiger partial charge in [-0.25, -0.2) is 28.6 Å². The summed E-state index contributed by atoms with van der Waals surface area (Å²) < 4.78 is 62.1. The fourth-order valence-electron chi connectivity index (χ4n) is 4.75. The van der Waals surface area contributed by atoms with Crippen LogP contribution in [0.15, 0.2) is 12.7 Å². The minimum absolute atomic E-state index is 0.0285. The van der Waals surface area contributed by atoms with E-state index in [4.69, 9.17) is 25.3 Å². The molecule has 30 heteroatoms. The van der Waals surface area contributed by atoms with E-state index in [0.717, 1.165) is 34.7 Å². The molecule has 1 fully saturated rings. The third kappa shape index (κ3) is 14.6. The molecule has 2 aromatic heterocycles. The summed E-state index contributed by atoms with van der Waals surface area (Å²) >= 11 is 2.56. The van der Waals surface area contributed by atoms with Gasteiger partial charge >= 0.3 is 23.5 Å². The van der Waals surface area contributed by atoms with Gasteiger partial charge in [-0.2, -0.15) is 16.1 Å². The molecule has 8 atom stereocenters. The molecule has 0 spiro atoms. The Labute approximate surface area is 327 Å². The maximum Gasteiger partial charge on any atom is 0.481 e. The molecule has 3 rings (SSSR count). The highest BCUT2D eigenvalue weighted by atomic mass is 32.2. The first-order valence-electron chi connectivity index (χ1n) is 16.3. The second-order valence-electron chi connectivity index (χ2n) is 12.6. The van der Waals surface area contributed by atoms with Crippen LogP contribution < -0.4 is 22.1 Å². The van der Waals surface area contributed by atoms with Gasteiger partial charge in [-0.3, -0.25) is 32.5 Å². The summed E-state index contributed by atoms with van der Waals surface area (Å²) in [5.74, 6) is -0.450. The van der Waals surface area contributed by atoms with Crippen molar-refractivity contribution in [2.45, 2.75) is 63.4 Å². The minimum Gasteiger partial charge on any atom is -0.386 e. The van der Waals surface area contributed by atoms with E-state index in [0.29, 0.717) is 12.2 Å². The van der Waals surface area contributed by atoms with Crippen LogP contribution in [0.25, 0.3) is 11.2 Å². The number of phosphoric acid groups is 3. The molecule has 318 valence electrons. The fourth-order valence-corrected chi connectivity index (χ4v) is 8.81. The lowest BCUT2D eigenvalue weighted by atomic mass is 9.87. The number of fused-ring (bicyclic) bond motifs is 1. The Morgan fingerprint density at radius 2 is 1.73 bits per heavy atom. The van der Waals surface area contributed by atoms with Gasteiger partial charge in [0.2, 0.25) is 16.9 Å². The van der Waals surface area contributed by atoms with E-state index < -0.39 is 90.6 Å². The Bertz CT molecular complexity index is 1820. The number of carbonyl (C=O) groups excluding carboxylic acids is 3. The first kappa shape index (κ1) is 48.2. The molecule has 56 heavy (non-hydrogen) atoms. The first-order valence-corrected chi connectivity index (χ1v) is 23.2. The molecule has 12 N–H and O–H groups in total. The number of hydrogen-bond donors (Lipinski definition) is 10. The second-order valence-corrected chi connectivity index (χ2v) is 18.9. The van der Waals surface area contributed by atoms with Crippen molar-refractivity contribution in [3.8, 4) is 0 Å². The Morgan fingerprint density at radius 1 is 1.05 bits per heavy atom. The van der Waals surface area contributed by atoms with Crippen LogP contribution in [0.5, 0.6) is 0 Å². The standard InChI is InChI=1S/C26H45N8O17P3S2/c1-26(2,20(37)23(38)30-6-4-16(35)29-7-9-56-25(39)14(27)5-8-55-3)11-48-54(45,46)51-53(43,44)47-10-15-19(50-52(40,41)42)18(36)24(49-15)34-13-33-17-21(28)31-12-32-22(17)34/h12-15,18-20,24,36-37H,4-11,27H2,1-3H3,(H,29,35)(H,30,38)(H,43,44)(H,45,46)(H2,28,31,32)(H2,40,41,42)/t14-,15+,18+,19+,20-,24+/m0/s1. The number of carbonyl (C=O) groups is 3. The molecule has 0 bridgehead atoms. The van der Waals surface area contributed by atoms with Crippen molar-refractivity contribution in [1.82, 2.24) is 30.2 Å². The fraction of sp³-hybridized carbons (Fsp3) is 0.692. The maximum atomic E-state index is 12.7. The SMILES string of the molecule is CSCC[C@H](N)C(=O)SCCNC(=O)CCNC(=O)[C@H](O)C(C)(C)COP(=O)(O)OP(=O)(O)OC[C@H]1O[C@@H](n2cnc3c(N)ncnc32)[C@H](O)[C@@H]1OP(=O)(O)O. The lowest BCUT2D eigenvalue weighted by Gasteiger charge is -2.30. The summed E-state index contributed by atoms with van der Waals surface area (Å²) in [6, 6.07) is -0.597. The molecule has 2 unspecified atom stereocenters. The van der Waals surface area contributed by atoms with Crippen molar-refractivity contribution in [3.05, 3.63) is 12.7 Å². The van der Waals surface area contributed by atoms with Crippen molar-refractivity contribution in [2.24, 2.45) is 11.1 Å². The quantitative estimate of drug-likeness (QED) is 0.0460. The molecular weight excluding hydrogens is 853 g/mol. The third-order valence-corrected chi connectivity index (χ3v) is 12.4. The molecule has 1 aliphatic rings. The number of rotatable bonds is 23. The highest BCUT2D eigenvalue weighted by Gasteiger charge is 2.50. The zero-order valence-electron chi connectivity index (χ0n) is 30.1. The zero-order chi connectivity index (χ0) is 42.1. The van der Waals surface area contributed by atoms with Crippen LogP contribution >= 0.6 is 47.0 Å². The van der Waals surface area contributed by atoms with Crippen LogP contribution in [0.2, 0.25) is 0 Å². The molecule has 3 heterocycles. The minimum atomic E-state index is -5.57. The highest BCUT2D eigenvalue weighted by Crippen LogP contribution is 2.61. The van der Waals surface area contributed by atoms with Crippen LogP contribution in [-0.2, 0) is 50.7 Å². The van der Waals surface area contributed by atoms with E-state index in [-0.39, 0.29) is 41.6 Å². The van der Waals surface area contributed by atoms with Gasteiger partial charge in [-0.15, -0.1) is 0 Å². The smallest absolute Gasteiger partial charge is 0.386 e. The number of anilines is 1. The molecule has 0 aliphatic carbocycles. The Morgan fingerprint density at radius 3 is 2.39 bits per heavy atom. The second kappa shape index (κ2) is 20.7. The molecule has 0 aromatic carbocycles. The first-order chi connectivity index (χ1) is 26.0. The number of nitrogens with two attached hydrogens (primary N) is 2. The third-order valence-electron chi connectivity index (χ3n) is 7.68. The number of thioether (sulfide) groups is 2. The Hall–Kier alpha value is -2.13. The summed E-state index contributed by atoms with van der Waals surface area (Å²) in [4.78, 5) is 87.5. The molecule has 2 aromatic rings. The monoisotopic (exact) mass is 898 g/mol. The normalized spacial score (nSPS) is 22.2. The predicted octanol–water partition coefficient (Wildman–Crippen LogP) is -1.25. The summed E-state index contributed by atoms with van der Waals surface area (Å²) in [5.41, 5.74) is 10.1. The van der Waals surface area contributed by atoms with Gasteiger partial charge in [-0.05, 0) is 18.4 Å². The van der Waals surface area contributed by atoms with Gasteiger partial charge in [0.15, 0.2) is 17.7 Å². The van der Waals surface area contributed by atoms with Crippen molar-refractivity contribution in [3.63, 3.8) is 0 Å². The number of aliphatic hydroxyl groups excluding tert-OH is 2. The predicted molar refractivity (Wildman–Crippen MR) is 198 cm³/mol. The van der Waals surface area contributed by atoms with Crippen molar-refractivity contribution in [2.75, 3.05) is 49.8 Å². The summed E-state index contributed by atoms with van der Waals surface area (Å²) in [6.45, 7) is 0.424. The molecule has 1 aliphatic heterocycles. The number of imidazole rings is 1. The average molecular weight is 899 g/mol. The molecule has 2 amide bonds. The van der Waals surface area contributed by atoms with E-state index in [1.807, 2.05) is 6.26 Å². The van der Waals surface area contributed by atoms with Crippen LogP contribution in [-0.4, -0.2) is 141 Å². The molecule has 1 saturated heterocycles. The van der Waals surface area contributed by atoms with E-state index in [1.54, 1.807) is 11.8 Å². The zero-order valence-corrected chi connectivity index (χ0v) is 34.4. The van der Waals surface area contributed by atoms with E-state index >= 15 is 0 Å². The maximum absolute atomic E-state index is 12.7. The Kier molecular flexibility index (Phi) is 17.8. The number of aromatic nitrogens is 4. The number of phosphoric ester groups is 3. The molecular formula is C26H45N8O17P3S2. The number of aliphatic hydroxyl groups is 2. The van der Waals surface area contributed by atoms with E-state index in [2.05, 4.69) is 34.4 Å². The number of amides is 2. The van der Waals surface area contributed by atoms with Gasteiger partial charge < -0.3 is 56.6 Å². The van der Waals surface area contributed by atoms with E-state index in [9.17, 15) is 57.9 Å². The van der Waals surface area contributed by atoms with Gasteiger partial charge in [-0.1, -0.05) is 25.6 Å². The van der Waals surface area contributed by atoms with Crippen molar-refractivity contribution < 1.29 is 80.5 Å². The molecule has 0 saturated carbocycles. The number of nitrogen functional groups attached to an aromatic ring is 1. The summed E-state index contributed by atoms with van der Waals surface area (Å²) in [5, 5.41) is 26.1. The van der Waals surface area contributed by atoms with Crippen LogP contribution in [0.4, 0.5) is 5.82 Å². The van der Waals surface area contributed by atoms with Gasteiger partial charge in [0.25, 0.3) is 0 Å². The number of hydrogen-bond acceptors (Lipinski definition) is 20. The molecule has 0 radical (unpaired) electrons. The lowest BCUT2D eigenvalue weighted by molar-refractivity contribution is -0.137. The highest BCUT2D eigenvalue weighted by molar-refractivity contribution is 8.13. The Balaban J connectivity index is 1.48. The lowest BCUT2D eigenvalue weighted by Crippen LogP contribution is -2.46. The van der Waals surface area contributed by atoms with Crippen LogP contribution in [0.3, 0.4) is 0 Å². The van der Waals surface area contributed by atoms with Gasteiger partial charge in [0.1, 0.15) is 36.3 Å². The summed E-state index contributed by atoms with van der Waals surface area (Å²) in [6.07, 6.45) is -4.51. The van der Waals surface area contributed by atoms with Gasteiger partial charge in [0.05, 0.1) is 25.6 Å². The average Bonchev–Trinajstić information content (AvgIpc) is 3.66. The molecule has 25 nitrogen and oxygen atoms in total. The number of ether oxygens (including phenoxy) is 1. The van der Waals surface area contributed by atoms with E-state index in [1.165, 1.54) is 13.8 Å².